The van der Waals surface area contributed by atoms with Gasteiger partial charge in [-0.25, -0.2) is 5.84 Å². The molecular formula is C8H16N2O. The minimum absolute atomic E-state index is 0.104. The summed E-state index contributed by atoms with van der Waals surface area (Å²) in [5, 5.41) is 1.37. The van der Waals surface area contributed by atoms with Crippen molar-refractivity contribution < 1.29 is 4.79 Å². The molecule has 11 heavy (non-hydrogen) atoms. The fourth-order valence-corrected chi connectivity index (χ4v) is 1.36. The molecule has 0 aromatic carbocycles. The summed E-state index contributed by atoms with van der Waals surface area (Å²) in [5.74, 6) is 5.60. The normalized spacial score (nSPS) is 22.3. The van der Waals surface area contributed by atoms with E-state index in [1.807, 2.05) is 0 Å². The molecule has 1 aliphatic rings. The van der Waals surface area contributed by atoms with Crippen LogP contribution in [0.1, 0.15) is 38.5 Å². The van der Waals surface area contributed by atoms with Crippen LogP contribution >= 0.6 is 0 Å². The Labute approximate surface area is 67.5 Å². The van der Waals surface area contributed by atoms with Gasteiger partial charge in [0.15, 0.2) is 0 Å². The first-order valence-corrected chi connectivity index (χ1v) is 4.36. The van der Waals surface area contributed by atoms with E-state index in [9.17, 15) is 4.79 Å². The van der Waals surface area contributed by atoms with Crippen LogP contribution in [0.5, 0.6) is 0 Å². The third-order valence-corrected chi connectivity index (χ3v) is 2.11. The van der Waals surface area contributed by atoms with Crippen LogP contribution in [0.2, 0.25) is 0 Å². The minimum atomic E-state index is 0.104. The van der Waals surface area contributed by atoms with Crippen molar-refractivity contribution >= 4 is 5.91 Å². The van der Waals surface area contributed by atoms with Gasteiger partial charge in [-0.3, -0.25) is 9.80 Å². The third-order valence-electron chi connectivity index (χ3n) is 2.11. The monoisotopic (exact) mass is 156 g/mol. The first kappa shape index (κ1) is 8.53. The number of hydrogen-bond acceptors (Lipinski definition) is 2. The van der Waals surface area contributed by atoms with Crippen molar-refractivity contribution in [3.8, 4) is 0 Å². The fourth-order valence-electron chi connectivity index (χ4n) is 1.36. The number of hydrogen-bond donors (Lipinski definition) is 1. The van der Waals surface area contributed by atoms with E-state index >= 15 is 0 Å². The number of carbonyl (C=O) groups is 1. The van der Waals surface area contributed by atoms with E-state index in [2.05, 4.69) is 0 Å². The van der Waals surface area contributed by atoms with Gasteiger partial charge in [0.2, 0.25) is 5.91 Å². The highest BCUT2D eigenvalue weighted by Gasteiger charge is 2.09. The summed E-state index contributed by atoms with van der Waals surface area (Å²) in [7, 11) is 0. The molecule has 1 rings (SSSR count). The predicted molar refractivity (Wildman–Crippen MR) is 43.6 cm³/mol. The molecule has 0 unspecified atom stereocenters. The average Bonchev–Trinajstić information content (AvgIpc) is 2.07. The molecule has 0 aliphatic carbocycles. The standard InChI is InChI=1S/C8H16N2O/c9-10-7-5-3-1-2-4-6-8(10)11/h1-7,9H2. The molecule has 0 saturated carbocycles. The van der Waals surface area contributed by atoms with Crippen molar-refractivity contribution in [1.82, 2.24) is 5.01 Å². The lowest BCUT2D eigenvalue weighted by molar-refractivity contribution is -0.131. The predicted octanol–water partition coefficient (Wildman–Crippen LogP) is 1.04. The molecular weight excluding hydrogens is 140 g/mol. The number of nitrogens with zero attached hydrogens (tertiary/aromatic N) is 1. The number of nitrogens with two attached hydrogens (primary N) is 1. The molecule has 0 spiro atoms. The van der Waals surface area contributed by atoms with Gasteiger partial charge in [0.25, 0.3) is 0 Å². The summed E-state index contributed by atoms with van der Waals surface area (Å²) in [5.41, 5.74) is 0. The molecule has 1 amide bonds. The highest BCUT2D eigenvalue weighted by Crippen LogP contribution is 2.09. The second kappa shape index (κ2) is 4.34. The van der Waals surface area contributed by atoms with E-state index in [4.69, 9.17) is 5.84 Å². The highest BCUT2D eigenvalue weighted by molar-refractivity contribution is 5.75. The van der Waals surface area contributed by atoms with Gasteiger partial charge in [-0.15, -0.1) is 0 Å². The van der Waals surface area contributed by atoms with Crippen molar-refractivity contribution in [3.05, 3.63) is 0 Å². The Kier molecular flexibility index (Phi) is 3.36. The van der Waals surface area contributed by atoms with Crippen LogP contribution in [0.25, 0.3) is 0 Å². The van der Waals surface area contributed by atoms with Crippen LogP contribution in [0.15, 0.2) is 0 Å². The molecule has 1 saturated heterocycles. The highest BCUT2D eigenvalue weighted by atomic mass is 16.2. The molecule has 1 heterocycles. The maximum absolute atomic E-state index is 11.1. The van der Waals surface area contributed by atoms with Gasteiger partial charge in [-0.2, -0.15) is 0 Å². The first-order chi connectivity index (χ1) is 5.30. The lowest BCUT2D eigenvalue weighted by Crippen LogP contribution is -2.37. The van der Waals surface area contributed by atoms with Crippen molar-refractivity contribution in [2.24, 2.45) is 5.84 Å². The minimum Gasteiger partial charge on any atom is -0.281 e. The van der Waals surface area contributed by atoms with E-state index in [-0.39, 0.29) is 5.91 Å². The summed E-state index contributed by atoms with van der Waals surface area (Å²) in [6.45, 7) is 0.735. The van der Waals surface area contributed by atoms with Crippen LogP contribution in [-0.4, -0.2) is 17.5 Å². The van der Waals surface area contributed by atoms with Gasteiger partial charge in [0, 0.05) is 13.0 Å². The molecule has 64 valence electrons. The van der Waals surface area contributed by atoms with Gasteiger partial charge < -0.3 is 0 Å². The Morgan fingerprint density at radius 1 is 1.09 bits per heavy atom. The van der Waals surface area contributed by atoms with Crippen LogP contribution < -0.4 is 5.84 Å². The zero-order chi connectivity index (χ0) is 8.10. The quantitative estimate of drug-likeness (QED) is 0.421. The Bertz CT molecular complexity index is 136. The second-order valence-electron chi connectivity index (χ2n) is 3.10. The number of hydrazine groups is 1. The maximum atomic E-state index is 11.1. The second-order valence-corrected chi connectivity index (χ2v) is 3.10. The topological polar surface area (TPSA) is 46.3 Å². The molecule has 3 nitrogen and oxygen atoms in total. The fraction of sp³-hybridized carbons (Fsp3) is 0.875. The molecule has 2 N–H and O–H groups in total. The molecule has 1 fully saturated rings. The van der Waals surface area contributed by atoms with Crippen LogP contribution in [0.3, 0.4) is 0 Å². The largest absolute Gasteiger partial charge is 0.281 e. The summed E-state index contributed by atoms with van der Waals surface area (Å²) < 4.78 is 0. The van der Waals surface area contributed by atoms with Crippen LogP contribution in [-0.2, 0) is 4.79 Å². The van der Waals surface area contributed by atoms with Gasteiger partial charge in [-0.1, -0.05) is 19.3 Å². The van der Waals surface area contributed by atoms with E-state index in [1.54, 1.807) is 0 Å². The molecule has 0 aromatic heterocycles. The molecule has 0 bridgehead atoms. The van der Waals surface area contributed by atoms with Crippen LogP contribution in [0, 0.1) is 0 Å². The summed E-state index contributed by atoms with van der Waals surface area (Å²) in [6, 6.07) is 0. The van der Waals surface area contributed by atoms with Crippen molar-refractivity contribution in [2.45, 2.75) is 38.5 Å². The maximum Gasteiger partial charge on any atom is 0.236 e. The van der Waals surface area contributed by atoms with E-state index < -0.39 is 0 Å². The third kappa shape index (κ3) is 2.89. The Morgan fingerprint density at radius 3 is 2.55 bits per heavy atom. The van der Waals surface area contributed by atoms with Gasteiger partial charge in [0.05, 0.1) is 0 Å². The first-order valence-electron chi connectivity index (χ1n) is 4.36. The lowest BCUT2D eigenvalue weighted by atomic mass is 10.1. The van der Waals surface area contributed by atoms with E-state index in [0.717, 1.165) is 19.4 Å². The summed E-state index contributed by atoms with van der Waals surface area (Å²) in [6.07, 6.45) is 6.34. The van der Waals surface area contributed by atoms with Crippen molar-refractivity contribution in [3.63, 3.8) is 0 Å². The molecule has 0 radical (unpaired) electrons. The van der Waals surface area contributed by atoms with Crippen molar-refractivity contribution in [1.29, 1.82) is 0 Å². The van der Waals surface area contributed by atoms with Gasteiger partial charge in [0.1, 0.15) is 0 Å². The van der Waals surface area contributed by atoms with Gasteiger partial charge in [-0.05, 0) is 12.8 Å². The van der Waals surface area contributed by atoms with Crippen molar-refractivity contribution in [2.75, 3.05) is 6.54 Å². The summed E-state index contributed by atoms with van der Waals surface area (Å²) >= 11 is 0. The smallest absolute Gasteiger partial charge is 0.236 e. The Balaban J connectivity index is 2.35. The number of amides is 1. The lowest BCUT2D eigenvalue weighted by Gasteiger charge is -2.14. The van der Waals surface area contributed by atoms with Crippen LogP contribution in [0.4, 0.5) is 0 Å². The molecule has 0 atom stereocenters. The molecule has 0 aromatic rings. The average molecular weight is 156 g/mol. The summed E-state index contributed by atoms with van der Waals surface area (Å²) in [4.78, 5) is 11.1. The van der Waals surface area contributed by atoms with E-state index in [0.29, 0.717) is 6.42 Å². The Hall–Kier alpha value is -0.570. The van der Waals surface area contributed by atoms with E-state index in [1.165, 1.54) is 24.3 Å². The number of carbonyl (C=O) groups excluding carboxylic acids is 1. The zero-order valence-corrected chi connectivity index (χ0v) is 6.88. The number of rotatable bonds is 0. The van der Waals surface area contributed by atoms with Gasteiger partial charge >= 0.3 is 0 Å². The molecule has 3 heteroatoms. The SMILES string of the molecule is NN1CCCCCCCC1=O. The Morgan fingerprint density at radius 2 is 1.73 bits per heavy atom. The molecule has 1 aliphatic heterocycles. The zero-order valence-electron chi connectivity index (χ0n) is 6.88.